The summed E-state index contributed by atoms with van der Waals surface area (Å²) in [5.74, 6) is 0. The number of benzene rings is 1. The van der Waals surface area contributed by atoms with Crippen molar-refractivity contribution in [1.82, 2.24) is 4.90 Å². The third-order valence-corrected chi connectivity index (χ3v) is 4.38. The molecule has 0 aromatic heterocycles. The third kappa shape index (κ3) is 2.61. The lowest BCUT2D eigenvalue weighted by Crippen LogP contribution is -2.47. The van der Waals surface area contributed by atoms with Crippen molar-refractivity contribution in [3.8, 4) is 0 Å². The number of aryl methyl sites for hydroxylation is 1. The molecule has 100 valence electrons. The number of nitrogens with zero attached hydrogens (tertiary/aromatic N) is 1. The molecule has 0 radical (unpaired) electrons. The molecule has 0 unspecified atom stereocenters. The van der Waals surface area contributed by atoms with Crippen LogP contribution in [0.1, 0.15) is 31.2 Å². The van der Waals surface area contributed by atoms with Gasteiger partial charge in [-0.2, -0.15) is 0 Å². The highest BCUT2D eigenvalue weighted by Gasteiger charge is 2.35. The molecular formula is C15H25N3. The molecule has 3 heteroatoms. The van der Waals surface area contributed by atoms with E-state index < -0.39 is 0 Å². The predicted octanol–water partition coefficient (Wildman–Crippen LogP) is 2.86. The molecular weight excluding hydrogens is 222 g/mol. The Hall–Kier alpha value is -1.22. The Balaban J connectivity index is 2.03. The second-order valence-corrected chi connectivity index (χ2v) is 5.75. The van der Waals surface area contributed by atoms with Gasteiger partial charge in [-0.3, -0.25) is 0 Å². The van der Waals surface area contributed by atoms with Crippen LogP contribution < -0.4 is 11.1 Å². The van der Waals surface area contributed by atoms with Crippen molar-refractivity contribution in [2.24, 2.45) is 0 Å². The van der Waals surface area contributed by atoms with Crippen molar-refractivity contribution < 1.29 is 0 Å². The van der Waals surface area contributed by atoms with Crippen molar-refractivity contribution in [1.29, 1.82) is 0 Å². The number of nitrogens with two attached hydrogens (primary N) is 1. The molecule has 0 spiro atoms. The molecule has 3 nitrogen and oxygen atoms in total. The highest BCUT2D eigenvalue weighted by Crippen LogP contribution is 2.34. The lowest BCUT2D eigenvalue weighted by Gasteiger charge is -2.36. The van der Waals surface area contributed by atoms with Gasteiger partial charge in [-0.15, -0.1) is 0 Å². The van der Waals surface area contributed by atoms with Crippen molar-refractivity contribution >= 4 is 11.4 Å². The first kappa shape index (κ1) is 13.2. The van der Waals surface area contributed by atoms with E-state index >= 15 is 0 Å². The summed E-state index contributed by atoms with van der Waals surface area (Å²) in [6.45, 7) is 3.04. The highest BCUT2D eigenvalue weighted by molar-refractivity contribution is 5.58. The summed E-state index contributed by atoms with van der Waals surface area (Å²) in [7, 11) is 4.38. The summed E-state index contributed by atoms with van der Waals surface area (Å²) in [6.07, 6.45) is 5.26. The Bertz CT molecular complexity index is 406. The van der Waals surface area contributed by atoms with E-state index in [9.17, 15) is 0 Å². The maximum absolute atomic E-state index is 5.95. The van der Waals surface area contributed by atoms with Crippen LogP contribution in [0, 0.1) is 6.92 Å². The van der Waals surface area contributed by atoms with Gasteiger partial charge in [0.2, 0.25) is 0 Å². The summed E-state index contributed by atoms with van der Waals surface area (Å²) >= 11 is 0. The first-order valence-corrected chi connectivity index (χ1v) is 6.81. The smallest absolute Gasteiger partial charge is 0.0375 e. The van der Waals surface area contributed by atoms with E-state index in [1.165, 1.54) is 25.7 Å². The third-order valence-electron chi connectivity index (χ3n) is 4.38. The standard InChI is InChI=1S/C15H25N3/c1-12-6-7-13(10-14(12)16)17-11-15(18(2)3)8-4-5-9-15/h6-7,10,17H,4-5,8-9,11,16H2,1-3H3. The van der Waals surface area contributed by atoms with Crippen LogP contribution in [-0.2, 0) is 0 Å². The first-order chi connectivity index (χ1) is 8.53. The maximum atomic E-state index is 5.95. The predicted molar refractivity (Wildman–Crippen MR) is 79.0 cm³/mol. The molecule has 3 N–H and O–H groups in total. The molecule has 1 saturated carbocycles. The topological polar surface area (TPSA) is 41.3 Å². The average molecular weight is 247 g/mol. The second kappa shape index (κ2) is 5.19. The molecule has 0 amide bonds. The molecule has 0 atom stereocenters. The largest absolute Gasteiger partial charge is 0.398 e. The van der Waals surface area contributed by atoms with Crippen molar-refractivity contribution in [3.05, 3.63) is 23.8 Å². The van der Waals surface area contributed by atoms with E-state index in [2.05, 4.69) is 36.4 Å². The van der Waals surface area contributed by atoms with E-state index in [0.717, 1.165) is 23.5 Å². The number of hydrogen-bond donors (Lipinski definition) is 2. The van der Waals surface area contributed by atoms with Crippen LogP contribution in [0.2, 0.25) is 0 Å². The Morgan fingerprint density at radius 1 is 1.28 bits per heavy atom. The fourth-order valence-corrected chi connectivity index (χ4v) is 2.83. The van der Waals surface area contributed by atoms with Crippen molar-refractivity contribution in [2.75, 3.05) is 31.7 Å². The van der Waals surface area contributed by atoms with Gasteiger partial charge in [-0.25, -0.2) is 0 Å². The first-order valence-electron chi connectivity index (χ1n) is 6.81. The molecule has 2 rings (SSSR count). The fraction of sp³-hybridized carbons (Fsp3) is 0.600. The molecule has 0 bridgehead atoms. The second-order valence-electron chi connectivity index (χ2n) is 5.75. The lowest BCUT2D eigenvalue weighted by molar-refractivity contribution is 0.172. The Labute approximate surface area is 110 Å². The number of rotatable bonds is 4. The van der Waals surface area contributed by atoms with E-state index in [0.29, 0.717) is 5.54 Å². The zero-order valence-electron chi connectivity index (χ0n) is 11.8. The summed E-state index contributed by atoms with van der Waals surface area (Å²) in [5.41, 5.74) is 9.40. The van der Waals surface area contributed by atoms with Gasteiger partial charge in [0, 0.05) is 23.5 Å². The van der Waals surface area contributed by atoms with Crippen LogP contribution in [0.25, 0.3) is 0 Å². The SMILES string of the molecule is Cc1ccc(NCC2(N(C)C)CCCC2)cc1N. The molecule has 18 heavy (non-hydrogen) atoms. The van der Waals surface area contributed by atoms with Gasteiger partial charge in [0.15, 0.2) is 0 Å². The molecule has 1 aromatic rings. The van der Waals surface area contributed by atoms with Gasteiger partial charge in [0.05, 0.1) is 0 Å². The Morgan fingerprint density at radius 3 is 2.50 bits per heavy atom. The summed E-state index contributed by atoms with van der Waals surface area (Å²) in [6, 6.07) is 6.23. The average Bonchev–Trinajstić information content (AvgIpc) is 2.81. The highest BCUT2D eigenvalue weighted by atomic mass is 15.2. The van der Waals surface area contributed by atoms with E-state index in [1.807, 2.05) is 13.0 Å². The van der Waals surface area contributed by atoms with Crippen molar-refractivity contribution in [3.63, 3.8) is 0 Å². The monoisotopic (exact) mass is 247 g/mol. The van der Waals surface area contributed by atoms with Crippen LogP contribution in [0.15, 0.2) is 18.2 Å². The van der Waals surface area contributed by atoms with E-state index in [4.69, 9.17) is 5.73 Å². The number of likely N-dealkylation sites (N-methyl/N-ethyl adjacent to an activating group) is 1. The van der Waals surface area contributed by atoms with Crippen molar-refractivity contribution in [2.45, 2.75) is 38.1 Å². The van der Waals surface area contributed by atoms with Crippen LogP contribution in [-0.4, -0.2) is 31.1 Å². The quantitative estimate of drug-likeness (QED) is 0.804. The molecule has 1 fully saturated rings. The van der Waals surface area contributed by atoms with Gasteiger partial charge in [0.1, 0.15) is 0 Å². The zero-order valence-corrected chi connectivity index (χ0v) is 11.8. The molecule has 0 aliphatic heterocycles. The summed E-state index contributed by atoms with van der Waals surface area (Å²) in [4.78, 5) is 2.38. The minimum Gasteiger partial charge on any atom is -0.398 e. The van der Waals surface area contributed by atoms with Crippen LogP contribution in [0.3, 0.4) is 0 Å². The lowest BCUT2D eigenvalue weighted by atomic mass is 9.96. The van der Waals surface area contributed by atoms with E-state index in [-0.39, 0.29) is 0 Å². The number of hydrogen-bond acceptors (Lipinski definition) is 3. The molecule has 0 heterocycles. The van der Waals surface area contributed by atoms with Gasteiger partial charge < -0.3 is 16.0 Å². The van der Waals surface area contributed by atoms with E-state index in [1.54, 1.807) is 0 Å². The molecule has 1 aliphatic carbocycles. The fourth-order valence-electron chi connectivity index (χ4n) is 2.83. The van der Waals surface area contributed by atoms with Crippen LogP contribution in [0.4, 0.5) is 11.4 Å². The molecule has 1 aliphatic rings. The number of anilines is 2. The van der Waals surface area contributed by atoms with Crippen LogP contribution in [0.5, 0.6) is 0 Å². The minimum absolute atomic E-state index is 0.319. The maximum Gasteiger partial charge on any atom is 0.0375 e. The minimum atomic E-state index is 0.319. The van der Waals surface area contributed by atoms with Crippen LogP contribution >= 0.6 is 0 Å². The van der Waals surface area contributed by atoms with Gasteiger partial charge >= 0.3 is 0 Å². The number of nitrogen functional groups attached to an aromatic ring is 1. The molecule has 0 saturated heterocycles. The number of nitrogens with one attached hydrogen (secondary N) is 1. The zero-order chi connectivity index (χ0) is 13.2. The van der Waals surface area contributed by atoms with Gasteiger partial charge in [-0.05, 0) is 51.6 Å². The van der Waals surface area contributed by atoms with Gasteiger partial charge in [0.25, 0.3) is 0 Å². The molecule has 1 aromatic carbocycles. The summed E-state index contributed by atoms with van der Waals surface area (Å²) in [5, 5.41) is 3.56. The summed E-state index contributed by atoms with van der Waals surface area (Å²) < 4.78 is 0. The Morgan fingerprint density at radius 2 is 1.94 bits per heavy atom. The Kier molecular flexibility index (Phi) is 3.81. The normalized spacial score (nSPS) is 18.2. The van der Waals surface area contributed by atoms with Gasteiger partial charge in [-0.1, -0.05) is 18.9 Å².